The number of carboxylic acid groups (broad SMARTS) is 1. The van der Waals surface area contributed by atoms with Gasteiger partial charge in [-0.15, -0.1) is 11.3 Å². The molecule has 0 amide bonds. The molecular formula is C10H7Cl2N3O4S2. The smallest absolute Gasteiger partial charge is 0.345 e. The molecule has 0 aliphatic heterocycles. The summed E-state index contributed by atoms with van der Waals surface area (Å²) < 4.78 is 26.6. The van der Waals surface area contributed by atoms with Crippen LogP contribution in [0.1, 0.15) is 14.5 Å². The highest BCUT2D eigenvalue weighted by Gasteiger charge is 2.23. The highest BCUT2D eigenvalue weighted by molar-refractivity contribution is 7.93. The van der Waals surface area contributed by atoms with Crippen LogP contribution in [0.2, 0.25) is 10.4 Å². The van der Waals surface area contributed by atoms with Crippen LogP contribution in [0.15, 0.2) is 17.0 Å². The van der Waals surface area contributed by atoms with Gasteiger partial charge in [0.2, 0.25) is 5.28 Å². The average molecular weight is 368 g/mol. The zero-order chi connectivity index (χ0) is 15.8. The molecule has 0 unspecified atom stereocenters. The molecule has 0 saturated carbocycles. The van der Waals surface area contributed by atoms with Crippen LogP contribution in [-0.4, -0.2) is 29.5 Å². The first-order valence-electron chi connectivity index (χ1n) is 5.25. The molecule has 0 atom stereocenters. The predicted molar refractivity (Wildman–Crippen MR) is 78.9 cm³/mol. The molecule has 0 aromatic carbocycles. The maximum Gasteiger partial charge on any atom is 0.345 e. The summed E-state index contributed by atoms with van der Waals surface area (Å²) in [6.45, 7) is 1.51. The lowest BCUT2D eigenvalue weighted by Gasteiger charge is -2.07. The first-order chi connectivity index (χ1) is 9.69. The summed E-state index contributed by atoms with van der Waals surface area (Å²) in [4.78, 5) is 18.3. The first kappa shape index (κ1) is 16.0. The summed E-state index contributed by atoms with van der Waals surface area (Å²) in [7, 11) is -4.00. The van der Waals surface area contributed by atoms with Crippen molar-refractivity contribution in [2.75, 3.05) is 4.72 Å². The molecule has 7 nitrogen and oxygen atoms in total. The summed E-state index contributed by atoms with van der Waals surface area (Å²) in [6.07, 6.45) is 0. The number of nitrogens with one attached hydrogen (secondary N) is 1. The summed E-state index contributed by atoms with van der Waals surface area (Å²) in [6, 6.07) is 2.26. The first-order valence-corrected chi connectivity index (χ1v) is 8.31. The van der Waals surface area contributed by atoms with Crippen molar-refractivity contribution >= 4 is 56.3 Å². The molecule has 112 valence electrons. The van der Waals surface area contributed by atoms with Gasteiger partial charge in [-0.05, 0) is 24.6 Å². The number of carbonyl (C=O) groups is 1. The number of nitrogens with zero attached hydrogens (tertiary/aromatic N) is 2. The van der Waals surface area contributed by atoms with Gasteiger partial charge < -0.3 is 5.11 Å². The third kappa shape index (κ3) is 3.62. The third-order valence-corrected chi connectivity index (χ3v) is 5.29. The summed E-state index contributed by atoms with van der Waals surface area (Å²) in [5.41, 5.74) is 0. The third-order valence-electron chi connectivity index (χ3n) is 2.28. The lowest BCUT2D eigenvalue weighted by atomic mass is 10.4. The van der Waals surface area contributed by atoms with E-state index in [0.29, 0.717) is 4.88 Å². The normalized spacial score (nSPS) is 11.4. The standard InChI is InChI=1S/C10H7Cl2N3O4S2/c1-4-6(2-5(20-4)9(16)17)21(18,19)15-8-3-7(11)13-10(12)14-8/h2-3H,1H3,(H,16,17)(H,13,14,15). The van der Waals surface area contributed by atoms with Crippen LogP contribution in [-0.2, 0) is 10.0 Å². The number of sulfonamides is 1. The molecule has 0 aliphatic carbocycles. The topological polar surface area (TPSA) is 109 Å². The summed E-state index contributed by atoms with van der Waals surface area (Å²) in [5, 5.41) is 8.65. The van der Waals surface area contributed by atoms with Crippen LogP contribution in [0.3, 0.4) is 0 Å². The predicted octanol–water partition coefficient (Wildman–Crippen LogP) is 2.65. The van der Waals surface area contributed by atoms with E-state index in [1.807, 2.05) is 0 Å². The molecule has 2 heterocycles. The zero-order valence-corrected chi connectivity index (χ0v) is 13.4. The maximum atomic E-state index is 12.2. The van der Waals surface area contributed by atoms with Gasteiger partial charge in [-0.1, -0.05) is 11.6 Å². The molecule has 2 aromatic rings. The van der Waals surface area contributed by atoms with Crippen molar-refractivity contribution in [3.8, 4) is 0 Å². The van der Waals surface area contributed by atoms with Crippen LogP contribution < -0.4 is 4.72 Å². The van der Waals surface area contributed by atoms with Crippen molar-refractivity contribution in [1.29, 1.82) is 0 Å². The van der Waals surface area contributed by atoms with Crippen LogP contribution in [0, 0.1) is 6.92 Å². The number of thiophene rings is 1. The number of aromatic nitrogens is 2. The second-order valence-electron chi connectivity index (χ2n) is 3.79. The van der Waals surface area contributed by atoms with Crippen molar-refractivity contribution in [3.05, 3.63) is 32.3 Å². The van der Waals surface area contributed by atoms with E-state index >= 15 is 0 Å². The summed E-state index contributed by atoms with van der Waals surface area (Å²) in [5.74, 6) is -1.31. The van der Waals surface area contributed by atoms with Gasteiger partial charge >= 0.3 is 5.97 Å². The Morgan fingerprint density at radius 3 is 2.52 bits per heavy atom. The van der Waals surface area contributed by atoms with E-state index in [-0.39, 0.29) is 26.0 Å². The van der Waals surface area contributed by atoms with E-state index in [4.69, 9.17) is 28.3 Å². The number of anilines is 1. The molecule has 0 saturated heterocycles. The van der Waals surface area contributed by atoms with Gasteiger partial charge in [0.15, 0.2) is 0 Å². The van der Waals surface area contributed by atoms with E-state index in [1.165, 1.54) is 13.0 Å². The minimum atomic E-state index is -4.00. The fourth-order valence-corrected chi connectivity index (χ4v) is 4.30. The van der Waals surface area contributed by atoms with Gasteiger partial charge in [0.05, 0.1) is 0 Å². The Labute approximate surface area is 133 Å². The number of carboxylic acids is 1. The van der Waals surface area contributed by atoms with E-state index < -0.39 is 16.0 Å². The maximum absolute atomic E-state index is 12.2. The quantitative estimate of drug-likeness (QED) is 0.634. The van der Waals surface area contributed by atoms with Crippen LogP contribution in [0.25, 0.3) is 0 Å². The Bertz CT molecular complexity index is 799. The Morgan fingerprint density at radius 1 is 1.33 bits per heavy atom. The van der Waals surface area contributed by atoms with E-state index in [2.05, 4.69) is 14.7 Å². The number of aromatic carboxylic acids is 1. The monoisotopic (exact) mass is 367 g/mol. The van der Waals surface area contributed by atoms with Crippen molar-refractivity contribution < 1.29 is 18.3 Å². The fraction of sp³-hybridized carbons (Fsp3) is 0.100. The van der Waals surface area contributed by atoms with Gasteiger partial charge in [-0.25, -0.2) is 18.2 Å². The van der Waals surface area contributed by atoms with Gasteiger partial charge in [0.25, 0.3) is 10.0 Å². The fourth-order valence-electron chi connectivity index (χ4n) is 1.47. The van der Waals surface area contributed by atoms with Crippen molar-refractivity contribution in [1.82, 2.24) is 9.97 Å². The second-order valence-corrected chi connectivity index (χ2v) is 7.42. The van der Waals surface area contributed by atoms with Crippen molar-refractivity contribution in [2.24, 2.45) is 0 Å². The van der Waals surface area contributed by atoms with Crippen molar-refractivity contribution in [2.45, 2.75) is 11.8 Å². The molecule has 0 radical (unpaired) electrons. The average Bonchev–Trinajstić information content (AvgIpc) is 2.70. The lowest BCUT2D eigenvalue weighted by Crippen LogP contribution is -2.14. The molecule has 11 heteroatoms. The van der Waals surface area contributed by atoms with Gasteiger partial charge in [0, 0.05) is 10.9 Å². The second kappa shape index (κ2) is 5.76. The number of rotatable bonds is 4. The molecule has 21 heavy (non-hydrogen) atoms. The lowest BCUT2D eigenvalue weighted by molar-refractivity contribution is 0.0702. The molecule has 2 aromatic heterocycles. The Morgan fingerprint density at radius 2 is 2.00 bits per heavy atom. The number of hydrogen-bond acceptors (Lipinski definition) is 6. The SMILES string of the molecule is Cc1sc(C(=O)O)cc1S(=O)(=O)Nc1cc(Cl)nc(Cl)n1. The minimum absolute atomic E-state index is 0.0269. The molecule has 0 spiro atoms. The Balaban J connectivity index is 2.40. The molecular weight excluding hydrogens is 361 g/mol. The van der Waals surface area contributed by atoms with Crippen LogP contribution in [0.5, 0.6) is 0 Å². The highest BCUT2D eigenvalue weighted by Crippen LogP contribution is 2.27. The molecule has 2 N–H and O–H groups in total. The van der Waals surface area contributed by atoms with E-state index in [0.717, 1.165) is 17.4 Å². The Hall–Kier alpha value is -1.42. The minimum Gasteiger partial charge on any atom is -0.477 e. The molecule has 2 rings (SSSR count). The van der Waals surface area contributed by atoms with Crippen molar-refractivity contribution in [3.63, 3.8) is 0 Å². The summed E-state index contributed by atoms with van der Waals surface area (Å²) >= 11 is 12.1. The van der Waals surface area contributed by atoms with Gasteiger partial charge in [-0.2, -0.15) is 4.98 Å². The number of hydrogen-bond donors (Lipinski definition) is 2. The van der Waals surface area contributed by atoms with Crippen LogP contribution >= 0.6 is 34.5 Å². The molecule has 0 aliphatic rings. The molecule has 0 fully saturated rings. The zero-order valence-electron chi connectivity index (χ0n) is 10.3. The van der Waals surface area contributed by atoms with Crippen LogP contribution in [0.4, 0.5) is 5.82 Å². The highest BCUT2D eigenvalue weighted by atomic mass is 35.5. The number of halogens is 2. The number of aryl methyl sites for hydroxylation is 1. The largest absolute Gasteiger partial charge is 0.477 e. The van der Waals surface area contributed by atoms with Gasteiger partial charge in [-0.3, -0.25) is 4.72 Å². The van der Waals surface area contributed by atoms with E-state index in [1.54, 1.807) is 0 Å². The van der Waals surface area contributed by atoms with E-state index in [9.17, 15) is 13.2 Å². The van der Waals surface area contributed by atoms with Gasteiger partial charge in [0.1, 0.15) is 20.7 Å². The Kier molecular flexibility index (Phi) is 4.38. The molecule has 0 bridgehead atoms.